The van der Waals surface area contributed by atoms with Crippen LogP contribution in [0.3, 0.4) is 0 Å². The lowest BCUT2D eigenvalue weighted by molar-refractivity contribution is -0.138. The van der Waals surface area contributed by atoms with Gasteiger partial charge in [-0.15, -0.1) is 0 Å². The topological polar surface area (TPSA) is 49.8 Å². The molecule has 1 amide bonds. The van der Waals surface area contributed by atoms with E-state index in [1.165, 1.54) is 0 Å². The number of halogens is 2. The van der Waals surface area contributed by atoms with Crippen molar-refractivity contribution in [2.45, 2.75) is 12.5 Å². The maximum Gasteiger partial charge on any atom is 0.227 e. The first-order valence-corrected chi connectivity index (χ1v) is 8.41. The molecule has 1 saturated heterocycles. The maximum atomic E-state index is 12.5. The zero-order valence-electron chi connectivity index (χ0n) is 12.9. The molecule has 126 valence electrons. The highest BCUT2D eigenvalue weighted by Gasteiger charge is 2.26. The molecule has 0 radical (unpaired) electrons. The summed E-state index contributed by atoms with van der Waals surface area (Å²) in [7, 11) is 0. The van der Waals surface area contributed by atoms with Gasteiger partial charge in [0.05, 0.1) is 29.6 Å². The van der Waals surface area contributed by atoms with Gasteiger partial charge in [-0.1, -0.05) is 47.5 Å². The van der Waals surface area contributed by atoms with Crippen LogP contribution in [0.25, 0.3) is 0 Å². The molecule has 1 heterocycles. The number of carbonyl (C=O) groups excluding carboxylic acids is 1. The zero-order valence-corrected chi connectivity index (χ0v) is 14.4. The monoisotopic (exact) mass is 365 g/mol. The van der Waals surface area contributed by atoms with Gasteiger partial charge in [0.1, 0.15) is 11.9 Å². The van der Waals surface area contributed by atoms with Gasteiger partial charge < -0.3 is 14.7 Å². The molecule has 2 aromatic carbocycles. The highest BCUT2D eigenvalue weighted by atomic mass is 35.5. The highest BCUT2D eigenvalue weighted by molar-refractivity contribution is 6.42. The van der Waals surface area contributed by atoms with Gasteiger partial charge in [0, 0.05) is 12.1 Å². The molecule has 24 heavy (non-hydrogen) atoms. The molecule has 0 bridgehead atoms. The van der Waals surface area contributed by atoms with Gasteiger partial charge in [-0.25, -0.2) is 0 Å². The fourth-order valence-corrected chi connectivity index (χ4v) is 3.03. The summed E-state index contributed by atoms with van der Waals surface area (Å²) in [6, 6.07) is 12.2. The molecule has 0 aromatic heterocycles. The number of nitrogens with zero attached hydrogens (tertiary/aromatic N) is 1. The van der Waals surface area contributed by atoms with E-state index in [-0.39, 0.29) is 24.2 Å². The van der Waals surface area contributed by atoms with Gasteiger partial charge in [0.2, 0.25) is 5.91 Å². The van der Waals surface area contributed by atoms with Crippen LogP contribution in [0, 0.1) is 0 Å². The van der Waals surface area contributed by atoms with Crippen molar-refractivity contribution in [3.63, 3.8) is 0 Å². The molecule has 1 aliphatic heterocycles. The molecule has 1 N–H and O–H groups in total. The molecule has 1 fully saturated rings. The van der Waals surface area contributed by atoms with Crippen molar-refractivity contribution in [2.75, 3.05) is 19.7 Å². The van der Waals surface area contributed by atoms with E-state index in [1.54, 1.807) is 41.3 Å². The Morgan fingerprint density at radius 1 is 1.21 bits per heavy atom. The van der Waals surface area contributed by atoms with Gasteiger partial charge in [0.15, 0.2) is 0 Å². The molecule has 1 atom stereocenters. The van der Waals surface area contributed by atoms with Crippen LogP contribution in [-0.4, -0.2) is 35.6 Å². The van der Waals surface area contributed by atoms with E-state index in [0.29, 0.717) is 35.3 Å². The largest absolute Gasteiger partial charge is 0.508 e. The lowest BCUT2D eigenvalue weighted by atomic mass is 10.1. The number of para-hydroxylation sites is 1. The van der Waals surface area contributed by atoms with Crippen molar-refractivity contribution < 1.29 is 14.6 Å². The summed E-state index contributed by atoms with van der Waals surface area (Å²) in [6.07, 6.45) is -0.0670. The number of ether oxygens (including phenoxy) is 1. The third-order valence-electron chi connectivity index (χ3n) is 4.07. The Hall–Kier alpha value is -1.75. The lowest BCUT2D eigenvalue weighted by Crippen LogP contribution is -2.43. The van der Waals surface area contributed by atoms with Crippen molar-refractivity contribution in [1.29, 1.82) is 0 Å². The fraction of sp³-hybridized carbons (Fsp3) is 0.278. The standard InChI is InChI=1S/C18H17Cl2NO3/c19-14-6-5-13(9-15(14)20)17-11-21(7-8-24-17)18(23)10-12-3-1-2-4-16(12)22/h1-6,9,17,22H,7-8,10-11H2/t17-/m0/s1. The molecule has 4 nitrogen and oxygen atoms in total. The first-order valence-electron chi connectivity index (χ1n) is 7.66. The second-order valence-electron chi connectivity index (χ2n) is 5.68. The first kappa shape index (κ1) is 17.1. The molecular formula is C18H17Cl2NO3. The van der Waals surface area contributed by atoms with E-state index in [2.05, 4.69) is 0 Å². The Morgan fingerprint density at radius 3 is 2.75 bits per heavy atom. The molecule has 0 spiro atoms. The summed E-state index contributed by atoms with van der Waals surface area (Å²) in [6.45, 7) is 1.44. The van der Waals surface area contributed by atoms with Crippen molar-refractivity contribution >= 4 is 29.1 Å². The second-order valence-corrected chi connectivity index (χ2v) is 6.49. The van der Waals surface area contributed by atoms with Crippen LogP contribution in [0.2, 0.25) is 10.0 Å². The Balaban J connectivity index is 1.69. The molecule has 6 heteroatoms. The number of benzene rings is 2. The summed E-state index contributed by atoms with van der Waals surface area (Å²) in [4.78, 5) is 14.3. The van der Waals surface area contributed by atoms with Crippen molar-refractivity contribution in [1.82, 2.24) is 4.90 Å². The number of morpholine rings is 1. The van der Waals surface area contributed by atoms with Crippen LogP contribution in [-0.2, 0) is 16.0 Å². The number of phenolic OH excluding ortho intramolecular Hbond substituents is 1. The number of phenols is 1. The number of amides is 1. The Labute approximate surface area is 150 Å². The van der Waals surface area contributed by atoms with Crippen LogP contribution < -0.4 is 0 Å². The summed E-state index contributed by atoms with van der Waals surface area (Å²) in [5.74, 6) is 0.102. The highest BCUT2D eigenvalue weighted by Crippen LogP contribution is 2.29. The maximum absolute atomic E-state index is 12.5. The van der Waals surface area contributed by atoms with Crippen LogP contribution in [0.15, 0.2) is 42.5 Å². The van der Waals surface area contributed by atoms with E-state index < -0.39 is 0 Å². The van der Waals surface area contributed by atoms with Crippen molar-refractivity contribution in [3.05, 3.63) is 63.6 Å². The predicted molar refractivity (Wildman–Crippen MR) is 93.5 cm³/mol. The third-order valence-corrected chi connectivity index (χ3v) is 4.81. The fourth-order valence-electron chi connectivity index (χ4n) is 2.73. The zero-order chi connectivity index (χ0) is 17.1. The quantitative estimate of drug-likeness (QED) is 0.898. The van der Waals surface area contributed by atoms with E-state index >= 15 is 0 Å². The molecular weight excluding hydrogens is 349 g/mol. The molecule has 0 saturated carbocycles. The Kier molecular flexibility index (Phi) is 5.29. The van der Waals surface area contributed by atoms with Gasteiger partial charge in [0.25, 0.3) is 0 Å². The van der Waals surface area contributed by atoms with Gasteiger partial charge in [-0.3, -0.25) is 4.79 Å². The second kappa shape index (κ2) is 7.43. The third kappa shape index (κ3) is 3.83. The predicted octanol–water partition coefficient (Wildman–Crippen LogP) is 3.84. The van der Waals surface area contributed by atoms with E-state index in [4.69, 9.17) is 27.9 Å². The van der Waals surface area contributed by atoms with Crippen LogP contribution in [0.4, 0.5) is 0 Å². The van der Waals surface area contributed by atoms with Crippen LogP contribution >= 0.6 is 23.2 Å². The Bertz CT molecular complexity index is 751. The SMILES string of the molecule is O=C(Cc1ccccc1O)N1CCO[C@H](c2ccc(Cl)c(Cl)c2)C1. The van der Waals surface area contributed by atoms with Gasteiger partial charge in [-0.2, -0.15) is 0 Å². The average Bonchev–Trinajstić information content (AvgIpc) is 2.59. The molecule has 1 aliphatic rings. The summed E-state index contributed by atoms with van der Waals surface area (Å²) >= 11 is 12.0. The summed E-state index contributed by atoms with van der Waals surface area (Å²) in [5.41, 5.74) is 1.52. The molecule has 2 aromatic rings. The smallest absolute Gasteiger partial charge is 0.227 e. The van der Waals surface area contributed by atoms with Gasteiger partial charge >= 0.3 is 0 Å². The van der Waals surface area contributed by atoms with Gasteiger partial charge in [-0.05, 0) is 23.8 Å². The molecule has 0 unspecified atom stereocenters. The van der Waals surface area contributed by atoms with Crippen molar-refractivity contribution in [3.8, 4) is 5.75 Å². The van der Waals surface area contributed by atoms with E-state index in [9.17, 15) is 9.90 Å². The number of aromatic hydroxyl groups is 1. The molecule has 0 aliphatic carbocycles. The minimum absolute atomic E-state index is 0.0372. The minimum atomic E-state index is -0.234. The number of hydrogen-bond acceptors (Lipinski definition) is 3. The minimum Gasteiger partial charge on any atom is -0.508 e. The Morgan fingerprint density at radius 2 is 2.00 bits per heavy atom. The summed E-state index contributed by atoms with van der Waals surface area (Å²) < 4.78 is 5.77. The number of rotatable bonds is 3. The van der Waals surface area contributed by atoms with E-state index in [1.807, 2.05) is 6.07 Å². The summed E-state index contributed by atoms with van der Waals surface area (Å²) in [5, 5.41) is 10.8. The number of carbonyl (C=O) groups is 1. The lowest BCUT2D eigenvalue weighted by Gasteiger charge is -2.33. The average molecular weight is 366 g/mol. The van der Waals surface area contributed by atoms with Crippen LogP contribution in [0.5, 0.6) is 5.75 Å². The van der Waals surface area contributed by atoms with Crippen molar-refractivity contribution in [2.24, 2.45) is 0 Å². The first-order chi connectivity index (χ1) is 11.5. The number of hydrogen-bond donors (Lipinski definition) is 1. The van der Waals surface area contributed by atoms with Crippen LogP contribution in [0.1, 0.15) is 17.2 Å². The van der Waals surface area contributed by atoms with E-state index in [0.717, 1.165) is 5.56 Å². The molecule has 3 rings (SSSR count). The normalized spacial score (nSPS) is 17.8.